The SMILES string of the molecule is O=C(/C=C/c1ccc(O)c(O)c1)NCOc1cc(O)c2c(=O)c(O)c(-c3ccc(O)c(O)c3)oc2c1. The van der Waals surface area contributed by atoms with Crippen molar-refractivity contribution in [3.05, 3.63) is 70.4 Å². The van der Waals surface area contributed by atoms with Crippen LogP contribution < -0.4 is 15.5 Å². The molecule has 11 nitrogen and oxygen atoms in total. The van der Waals surface area contributed by atoms with Gasteiger partial charge < -0.3 is 45.1 Å². The maximum Gasteiger partial charge on any atom is 0.246 e. The Morgan fingerprint density at radius 1 is 0.861 bits per heavy atom. The van der Waals surface area contributed by atoms with Gasteiger partial charge in [0.05, 0.1) is 0 Å². The van der Waals surface area contributed by atoms with Crippen molar-refractivity contribution < 1.29 is 44.6 Å². The molecule has 3 aromatic carbocycles. The quantitative estimate of drug-likeness (QED) is 0.119. The number of phenols is 5. The van der Waals surface area contributed by atoms with Gasteiger partial charge in [0.2, 0.25) is 17.1 Å². The summed E-state index contributed by atoms with van der Waals surface area (Å²) in [6.07, 6.45) is 2.58. The van der Waals surface area contributed by atoms with Crippen LogP contribution in [0.1, 0.15) is 5.56 Å². The Kier molecular flexibility index (Phi) is 6.29. The Bertz CT molecular complexity index is 1570. The normalized spacial score (nSPS) is 11.1. The topological polar surface area (TPSA) is 190 Å². The molecule has 0 aliphatic heterocycles. The number of hydrogen-bond donors (Lipinski definition) is 7. The monoisotopic (exact) mass is 493 g/mol. The Labute approximate surface area is 202 Å². The highest BCUT2D eigenvalue weighted by Gasteiger charge is 2.20. The maximum atomic E-state index is 12.6. The molecule has 0 aliphatic rings. The molecule has 0 saturated heterocycles. The standard InChI is InChI=1S/C25H19NO10/c27-15-4-1-12(7-17(15)29)2-6-21(32)26-11-35-14-9-19(31)22-20(10-14)36-25(24(34)23(22)33)13-3-5-16(28)18(30)8-13/h1-10,27-31,34H,11H2,(H,26,32)/b6-2+. The van der Waals surface area contributed by atoms with Gasteiger partial charge in [-0.25, -0.2) is 0 Å². The fourth-order valence-electron chi connectivity index (χ4n) is 3.27. The van der Waals surface area contributed by atoms with E-state index >= 15 is 0 Å². The summed E-state index contributed by atoms with van der Waals surface area (Å²) in [6.45, 7) is -0.323. The van der Waals surface area contributed by atoms with Gasteiger partial charge >= 0.3 is 0 Å². The van der Waals surface area contributed by atoms with Crippen LogP contribution in [0.15, 0.2) is 63.8 Å². The lowest BCUT2D eigenvalue weighted by molar-refractivity contribution is -0.117. The minimum Gasteiger partial charge on any atom is -0.507 e. The summed E-state index contributed by atoms with van der Waals surface area (Å²) in [5, 5.41) is 60.7. The number of benzene rings is 3. The Morgan fingerprint density at radius 2 is 1.56 bits per heavy atom. The molecule has 36 heavy (non-hydrogen) atoms. The molecule has 0 fully saturated rings. The van der Waals surface area contributed by atoms with Gasteiger partial charge in [0.25, 0.3) is 0 Å². The van der Waals surface area contributed by atoms with Gasteiger partial charge in [0, 0.05) is 23.8 Å². The molecular weight excluding hydrogens is 474 g/mol. The zero-order valence-corrected chi connectivity index (χ0v) is 18.3. The van der Waals surface area contributed by atoms with Crippen LogP contribution in [0, 0.1) is 0 Å². The van der Waals surface area contributed by atoms with Gasteiger partial charge in [-0.05, 0) is 42.0 Å². The van der Waals surface area contributed by atoms with E-state index in [-0.39, 0.29) is 46.3 Å². The van der Waals surface area contributed by atoms with Gasteiger partial charge in [0.15, 0.2) is 35.5 Å². The number of hydrogen-bond acceptors (Lipinski definition) is 10. The highest BCUT2D eigenvalue weighted by Crippen LogP contribution is 2.37. The van der Waals surface area contributed by atoms with Crippen molar-refractivity contribution in [2.75, 3.05) is 6.73 Å². The minimum atomic E-state index is -0.929. The maximum absolute atomic E-state index is 12.6. The average Bonchev–Trinajstić information content (AvgIpc) is 2.83. The van der Waals surface area contributed by atoms with E-state index in [1.807, 2.05) is 0 Å². The van der Waals surface area contributed by atoms with Crippen molar-refractivity contribution in [3.63, 3.8) is 0 Å². The third-order valence-electron chi connectivity index (χ3n) is 5.07. The van der Waals surface area contributed by atoms with E-state index in [0.29, 0.717) is 5.56 Å². The Balaban J connectivity index is 1.52. The molecule has 4 aromatic rings. The van der Waals surface area contributed by atoms with Crippen molar-refractivity contribution in [1.29, 1.82) is 0 Å². The molecule has 1 aromatic heterocycles. The number of rotatable bonds is 6. The summed E-state index contributed by atoms with van der Waals surface area (Å²) >= 11 is 0. The molecule has 184 valence electrons. The van der Waals surface area contributed by atoms with Crippen LogP contribution in [-0.2, 0) is 4.79 Å². The predicted octanol–water partition coefficient (Wildman–Crippen LogP) is 2.86. The third-order valence-corrected chi connectivity index (χ3v) is 5.07. The summed E-state index contributed by atoms with van der Waals surface area (Å²) in [5.74, 6) is -3.69. The van der Waals surface area contributed by atoms with Crippen molar-refractivity contribution in [2.45, 2.75) is 0 Å². The van der Waals surface area contributed by atoms with Crippen molar-refractivity contribution in [3.8, 4) is 51.6 Å². The largest absolute Gasteiger partial charge is 0.507 e. The average molecular weight is 493 g/mol. The first kappa shape index (κ1) is 23.8. The number of aromatic hydroxyl groups is 6. The summed E-state index contributed by atoms with van der Waals surface area (Å²) < 4.78 is 11.0. The number of ether oxygens (including phenoxy) is 1. The molecule has 0 radical (unpaired) electrons. The second-order valence-electron chi connectivity index (χ2n) is 7.54. The zero-order valence-electron chi connectivity index (χ0n) is 18.3. The van der Waals surface area contributed by atoms with Crippen molar-refractivity contribution in [2.24, 2.45) is 0 Å². The van der Waals surface area contributed by atoms with E-state index in [9.17, 15) is 40.2 Å². The molecule has 11 heteroatoms. The first-order chi connectivity index (χ1) is 17.1. The first-order valence-corrected chi connectivity index (χ1v) is 10.3. The summed E-state index contributed by atoms with van der Waals surface area (Å²) in [5.41, 5.74) is -0.513. The highest BCUT2D eigenvalue weighted by molar-refractivity contribution is 5.92. The van der Waals surface area contributed by atoms with E-state index in [2.05, 4.69) is 5.32 Å². The van der Waals surface area contributed by atoms with Crippen LogP contribution >= 0.6 is 0 Å². The van der Waals surface area contributed by atoms with E-state index in [4.69, 9.17) is 9.15 Å². The van der Waals surface area contributed by atoms with Crippen molar-refractivity contribution >= 4 is 23.0 Å². The lowest BCUT2D eigenvalue weighted by Crippen LogP contribution is -2.25. The molecule has 1 heterocycles. The van der Waals surface area contributed by atoms with Crippen LogP contribution in [0.5, 0.6) is 40.2 Å². The molecule has 1 amide bonds. The minimum absolute atomic E-state index is 0.0288. The van der Waals surface area contributed by atoms with Crippen LogP contribution in [0.2, 0.25) is 0 Å². The molecule has 0 saturated carbocycles. The van der Waals surface area contributed by atoms with Crippen LogP contribution in [0.3, 0.4) is 0 Å². The molecule has 0 atom stereocenters. The predicted molar refractivity (Wildman–Crippen MR) is 127 cm³/mol. The smallest absolute Gasteiger partial charge is 0.246 e. The Morgan fingerprint density at radius 3 is 2.25 bits per heavy atom. The lowest BCUT2D eigenvalue weighted by Gasteiger charge is -2.11. The third kappa shape index (κ3) is 4.80. The lowest BCUT2D eigenvalue weighted by atomic mass is 10.1. The molecule has 0 bridgehead atoms. The van der Waals surface area contributed by atoms with Crippen LogP contribution in [0.4, 0.5) is 0 Å². The van der Waals surface area contributed by atoms with Crippen molar-refractivity contribution in [1.82, 2.24) is 5.32 Å². The van der Waals surface area contributed by atoms with Gasteiger partial charge in [-0.15, -0.1) is 0 Å². The van der Waals surface area contributed by atoms with E-state index in [0.717, 1.165) is 18.2 Å². The van der Waals surface area contributed by atoms with E-state index in [1.165, 1.54) is 42.5 Å². The number of carbonyl (C=O) groups is 1. The second-order valence-corrected chi connectivity index (χ2v) is 7.54. The van der Waals surface area contributed by atoms with Gasteiger partial charge in [-0.2, -0.15) is 0 Å². The number of amides is 1. The molecule has 0 spiro atoms. The summed E-state index contributed by atoms with van der Waals surface area (Å²) in [4.78, 5) is 24.6. The van der Waals surface area contributed by atoms with Crippen LogP contribution in [0.25, 0.3) is 28.4 Å². The summed E-state index contributed by atoms with van der Waals surface area (Å²) in [7, 11) is 0. The van der Waals surface area contributed by atoms with Gasteiger partial charge in [-0.1, -0.05) is 6.07 Å². The number of phenolic OH excluding ortho intramolecular Hbond substituents is 5. The molecular formula is C25H19NO10. The highest BCUT2D eigenvalue weighted by atomic mass is 16.5. The fraction of sp³-hybridized carbons (Fsp3) is 0.0400. The molecule has 7 N–H and O–H groups in total. The van der Waals surface area contributed by atoms with Crippen LogP contribution in [-0.4, -0.2) is 43.3 Å². The fourth-order valence-corrected chi connectivity index (χ4v) is 3.27. The number of nitrogens with one attached hydrogen (secondary N) is 1. The second kappa shape index (κ2) is 9.50. The molecule has 4 rings (SSSR count). The van der Waals surface area contributed by atoms with Gasteiger partial charge in [0.1, 0.15) is 22.5 Å². The number of fused-ring (bicyclic) bond motifs is 1. The molecule has 0 aliphatic carbocycles. The summed E-state index contributed by atoms with van der Waals surface area (Å²) in [6, 6.07) is 9.94. The number of carbonyl (C=O) groups excluding carboxylic acids is 1. The van der Waals surface area contributed by atoms with E-state index in [1.54, 1.807) is 0 Å². The zero-order chi connectivity index (χ0) is 26.0. The Hall–Kier alpha value is -5.32. The van der Waals surface area contributed by atoms with E-state index < -0.39 is 34.3 Å². The molecule has 0 unspecified atom stereocenters. The first-order valence-electron chi connectivity index (χ1n) is 10.3. The van der Waals surface area contributed by atoms with Gasteiger partial charge in [-0.3, -0.25) is 9.59 Å².